The van der Waals surface area contributed by atoms with E-state index < -0.39 is 0 Å². The zero-order valence-electron chi connectivity index (χ0n) is 62.2. The van der Waals surface area contributed by atoms with Crippen molar-refractivity contribution in [1.29, 1.82) is 0 Å². The molecule has 9 aromatic heterocycles. The second-order valence-corrected chi connectivity index (χ2v) is 23.3. The molecule has 9 radical (unpaired) electrons. The summed E-state index contributed by atoms with van der Waals surface area (Å²) in [6.45, 7) is 18.2. The van der Waals surface area contributed by atoms with E-state index in [9.17, 15) is 0 Å². The van der Waals surface area contributed by atoms with Gasteiger partial charge in [-0.1, -0.05) is 93.2 Å². The van der Waals surface area contributed by atoms with Crippen LogP contribution in [0.3, 0.4) is 0 Å². The van der Waals surface area contributed by atoms with Gasteiger partial charge in [0.15, 0.2) is 0 Å². The van der Waals surface area contributed by atoms with E-state index in [0.29, 0.717) is 0 Å². The molecule has 9 aromatic carbocycles. The predicted molar refractivity (Wildman–Crippen MR) is 408 cm³/mol. The maximum Gasteiger partial charge on any atom is 0.0269 e. The number of rotatable bonds is 0. The molecule has 0 amide bonds. The summed E-state index contributed by atoms with van der Waals surface area (Å²) in [5.74, 6) is 0. The Kier molecular flexibility index (Phi) is 53.7. The Balaban J connectivity index is 0.000000601. The van der Waals surface area contributed by atoms with Crippen LogP contribution in [-0.4, -0.2) is 44.9 Å². The molecule has 9 nitrogen and oxygen atoms in total. The van der Waals surface area contributed by atoms with Crippen molar-refractivity contribution in [2.75, 3.05) is 0 Å². The molecule has 513 valence electrons. The number of pyridine rings is 9. The number of hydrogen-bond acceptors (Lipinski definition) is 9. The molecule has 0 atom stereocenters. The fourth-order valence-electron chi connectivity index (χ4n) is 10.3. The molecular formula is C90H72N9Y9-9. The summed E-state index contributed by atoms with van der Waals surface area (Å²) in [5, 5.41) is 16.3. The Morgan fingerprint density at radius 1 is 0.259 bits per heavy atom. The smallest absolute Gasteiger partial charge is 0.0269 e. The van der Waals surface area contributed by atoms with Gasteiger partial charge in [0.2, 0.25) is 0 Å². The second kappa shape index (κ2) is 56.0. The minimum absolute atomic E-state index is 0. The van der Waals surface area contributed by atoms with E-state index in [-0.39, 0.29) is 294 Å². The molecule has 9 heterocycles. The quantitative estimate of drug-likeness (QED) is 0.137. The molecule has 108 heavy (non-hydrogen) atoms. The van der Waals surface area contributed by atoms with Crippen LogP contribution in [0.25, 0.3) is 97.5 Å². The summed E-state index contributed by atoms with van der Waals surface area (Å²) >= 11 is 0. The summed E-state index contributed by atoms with van der Waals surface area (Å²) in [4.78, 5) is 37.6. The van der Waals surface area contributed by atoms with Crippen LogP contribution in [0.5, 0.6) is 0 Å². The zero-order valence-corrected chi connectivity index (χ0v) is 87.7. The van der Waals surface area contributed by atoms with Gasteiger partial charge in [-0.3, -0.25) is 15.0 Å². The maximum atomic E-state index is 4.34. The monoisotopic (exact) mass is 2080 g/mol. The Labute approximate surface area is 863 Å². The van der Waals surface area contributed by atoms with Crippen molar-refractivity contribution < 1.29 is 294 Å². The van der Waals surface area contributed by atoms with Crippen molar-refractivity contribution in [3.8, 4) is 0 Å². The third-order valence-electron chi connectivity index (χ3n) is 15.4. The fraction of sp³-hybridized carbons (Fsp3) is 0.100. The molecule has 0 bridgehead atoms. The average Bonchev–Trinajstić information content (AvgIpc) is 0.840. The van der Waals surface area contributed by atoms with E-state index in [1.807, 2.05) is 255 Å². The summed E-state index contributed by atoms with van der Waals surface area (Å²) in [6, 6.07) is 95.5. The van der Waals surface area contributed by atoms with Gasteiger partial charge in [0.1, 0.15) is 0 Å². The van der Waals surface area contributed by atoms with E-state index in [1.165, 1.54) is 54.6 Å². The SMILES string of the molecule is Cc1[c-]nc2ccccc2c1.Cc1c[c-]c2ccccc2n1.Cc1cc2ccc[c-]c2cn1.Cc1cc2ccccc2[c-]n1.Cc1ccc2[c-]cccc2n1.Cc1cnc2cc[c-]cc2c1.Cc1cncc2[c-]cccc12.Cc1cncc2c[c-]ccc12.Cc1cncc2c[c-]ccc12.[Y].[Y].[Y].[Y].[Y].[Y].[Y].[Y].[Y]. The largest absolute Gasteiger partial charge is 0.386 e. The minimum atomic E-state index is 0. The van der Waals surface area contributed by atoms with Gasteiger partial charge >= 0.3 is 0 Å². The molecule has 0 saturated carbocycles. The van der Waals surface area contributed by atoms with Crippen LogP contribution in [-0.2, 0) is 294 Å². The number of benzene rings is 9. The third-order valence-corrected chi connectivity index (χ3v) is 15.4. The van der Waals surface area contributed by atoms with Crippen LogP contribution >= 0.6 is 0 Å². The Morgan fingerprint density at radius 2 is 0.750 bits per heavy atom. The number of fused-ring (bicyclic) bond motifs is 9. The summed E-state index contributed by atoms with van der Waals surface area (Å²) in [5.41, 5.74) is 14.2. The number of nitrogens with zero attached hydrogens (tertiary/aromatic N) is 9. The standard InChI is InChI=1S/9C10H8N.9Y/c3*1-8-6-11-7-9-4-2-3-5-10(8)9;2*1-8-6-9-4-2-3-5-10(9)7-11-8;2*1-8-6-9-4-2-3-5-10(9)11-7-8;2*1-8-6-7-9-4-2-3-5-10(9)11-8;;;;;;;;;/h2*3-7H,1H3;2-3,5-7H,1H3;2-4,6-7H,1H3;2-6H,1H3;3-7H,1H3;2-6H,1H3;2-3,5-7H,1H3;2-6H,1H3;;;;;;;;;/q9*-1;;;;;;;;;. The van der Waals surface area contributed by atoms with Gasteiger partial charge in [-0.2, -0.15) is 72.8 Å². The number of aryl methyl sites for hydroxylation is 9. The molecule has 0 spiro atoms. The van der Waals surface area contributed by atoms with Crippen molar-refractivity contribution in [2.45, 2.75) is 62.3 Å². The minimum Gasteiger partial charge on any atom is -0.386 e. The van der Waals surface area contributed by atoms with Gasteiger partial charge in [-0.25, -0.2) is 0 Å². The average molecular weight is 2080 g/mol. The molecule has 0 unspecified atom stereocenters. The van der Waals surface area contributed by atoms with Crippen LogP contribution in [0.1, 0.15) is 50.6 Å². The van der Waals surface area contributed by atoms with E-state index in [1.54, 1.807) is 0 Å². The van der Waals surface area contributed by atoms with E-state index in [4.69, 9.17) is 0 Å². The van der Waals surface area contributed by atoms with Crippen molar-refractivity contribution in [2.24, 2.45) is 0 Å². The topological polar surface area (TPSA) is 116 Å². The number of aromatic nitrogens is 9. The first-order valence-electron chi connectivity index (χ1n) is 32.3. The predicted octanol–water partition coefficient (Wildman–Crippen LogP) is 21.1. The summed E-state index contributed by atoms with van der Waals surface area (Å²) < 4.78 is 0. The second-order valence-electron chi connectivity index (χ2n) is 23.3. The normalized spacial score (nSPS) is 9.42. The van der Waals surface area contributed by atoms with Crippen molar-refractivity contribution >= 4 is 97.5 Å². The van der Waals surface area contributed by atoms with Gasteiger partial charge < -0.3 is 29.9 Å². The van der Waals surface area contributed by atoms with E-state index in [0.717, 1.165) is 93.5 Å². The van der Waals surface area contributed by atoms with Gasteiger partial charge in [0, 0.05) is 331 Å². The van der Waals surface area contributed by atoms with Gasteiger partial charge in [-0.05, 0) is 123 Å². The van der Waals surface area contributed by atoms with Crippen molar-refractivity contribution in [1.82, 2.24) is 44.9 Å². The molecular weight excluding hydrogens is 2010 g/mol. The summed E-state index contributed by atoms with van der Waals surface area (Å²) in [6.07, 6.45) is 20.8. The van der Waals surface area contributed by atoms with Crippen LogP contribution < -0.4 is 0 Å². The zero-order chi connectivity index (χ0) is 69.1. The first kappa shape index (κ1) is 104. The first-order chi connectivity index (χ1) is 48.3. The molecule has 18 aromatic rings. The van der Waals surface area contributed by atoms with Crippen LogP contribution in [0.2, 0.25) is 0 Å². The Morgan fingerprint density at radius 3 is 1.40 bits per heavy atom. The Bertz CT molecular complexity index is 4840. The first-order valence-corrected chi connectivity index (χ1v) is 32.3. The molecule has 18 heteroatoms. The molecule has 0 N–H and O–H groups in total. The Hall–Kier alpha value is -2.39. The molecule has 0 aliphatic rings. The van der Waals surface area contributed by atoms with Crippen LogP contribution in [0.15, 0.2) is 274 Å². The van der Waals surface area contributed by atoms with Gasteiger partial charge in [-0.15, -0.1) is 214 Å². The van der Waals surface area contributed by atoms with E-state index in [2.05, 4.69) is 181 Å². The number of para-hydroxylation sites is 2. The van der Waals surface area contributed by atoms with E-state index >= 15 is 0 Å². The molecule has 0 aliphatic carbocycles. The van der Waals surface area contributed by atoms with Crippen molar-refractivity contribution in [3.63, 3.8) is 0 Å². The molecule has 18 rings (SSSR count). The molecule has 0 aliphatic heterocycles. The van der Waals surface area contributed by atoms with Crippen LogP contribution in [0, 0.1) is 117 Å². The molecule has 0 fully saturated rings. The van der Waals surface area contributed by atoms with Gasteiger partial charge in [0.05, 0.1) is 0 Å². The number of hydrogen-bond donors (Lipinski definition) is 0. The maximum absolute atomic E-state index is 4.34. The van der Waals surface area contributed by atoms with Gasteiger partial charge in [0.25, 0.3) is 0 Å². The summed E-state index contributed by atoms with van der Waals surface area (Å²) in [7, 11) is 0. The van der Waals surface area contributed by atoms with Crippen LogP contribution in [0.4, 0.5) is 0 Å². The van der Waals surface area contributed by atoms with Crippen molar-refractivity contribution in [3.05, 3.63) is 379 Å². The molecule has 0 saturated heterocycles. The fourth-order valence-corrected chi connectivity index (χ4v) is 10.3. The third kappa shape index (κ3) is 33.4.